The van der Waals surface area contributed by atoms with Crippen LogP contribution in [0.3, 0.4) is 0 Å². The fourth-order valence-electron chi connectivity index (χ4n) is 4.75. The summed E-state index contributed by atoms with van der Waals surface area (Å²) in [7, 11) is 1.55. The summed E-state index contributed by atoms with van der Waals surface area (Å²) < 4.78 is 34.9. The van der Waals surface area contributed by atoms with Crippen LogP contribution in [0, 0.1) is 16.0 Å². The van der Waals surface area contributed by atoms with Crippen LogP contribution in [-0.2, 0) is 49.3 Å². The van der Waals surface area contributed by atoms with Gasteiger partial charge in [0.25, 0.3) is 0 Å². The summed E-state index contributed by atoms with van der Waals surface area (Å²) >= 11 is 5.82. The Morgan fingerprint density at radius 3 is 2.00 bits per heavy atom. The summed E-state index contributed by atoms with van der Waals surface area (Å²) in [4.78, 5) is 48.3. The van der Waals surface area contributed by atoms with Gasteiger partial charge in [-0.15, -0.1) is 0 Å². The smallest absolute Gasteiger partial charge is 0.303 e. The fourth-order valence-corrected chi connectivity index (χ4v) is 5.12. The van der Waals surface area contributed by atoms with E-state index in [-0.39, 0.29) is 10.2 Å². The molecule has 0 aliphatic carbocycles. The second-order valence-corrected chi connectivity index (χ2v) is 9.77. The molecule has 2 heterocycles. The second-order valence-electron chi connectivity index (χ2n) is 9.38. The van der Waals surface area contributed by atoms with Crippen LogP contribution in [0.15, 0.2) is 30.3 Å². The molecule has 13 heteroatoms. The molecule has 1 aromatic heterocycles. The number of hydrogen-bond donors (Lipinski definition) is 0. The van der Waals surface area contributed by atoms with Gasteiger partial charge >= 0.3 is 23.9 Å². The van der Waals surface area contributed by atoms with E-state index in [1.54, 1.807) is 37.4 Å². The molecule has 1 aliphatic rings. The van der Waals surface area contributed by atoms with Crippen molar-refractivity contribution in [2.75, 3.05) is 13.7 Å². The topological polar surface area (TPSA) is 152 Å². The number of carbonyl (C=O) groups excluding carboxylic acids is 4. The van der Waals surface area contributed by atoms with Gasteiger partial charge in [-0.2, -0.15) is 5.26 Å². The maximum atomic E-state index is 12.3. The Balaban J connectivity index is 2.28. The lowest BCUT2D eigenvalue weighted by molar-refractivity contribution is -0.269. The van der Waals surface area contributed by atoms with Gasteiger partial charge in [-0.1, -0.05) is 31.3 Å². The molecule has 1 aliphatic heterocycles. The Morgan fingerprint density at radius 1 is 0.929 bits per heavy atom. The van der Waals surface area contributed by atoms with Crippen molar-refractivity contribution in [2.24, 2.45) is 0 Å². The monoisotopic (exact) mass is 600 g/mol. The minimum absolute atomic E-state index is 0.0589. The fraction of sp³-hybridized carbons (Fsp3) is 0.448. The minimum Gasteiger partial charge on any atom is -0.497 e. The predicted molar refractivity (Wildman–Crippen MR) is 149 cm³/mol. The first kappa shape index (κ1) is 32.2. The zero-order valence-electron chi connectivity index (χ0n) is 24.1. The van der Waals surface area contributed by atoms with Crippen LogP contribution in [-0.4, -0.2) is 66.6 Å². The third-order valence-electron chi connectivity index (χ3n) is 6.42. The van der Waals surface area contributed by atoms with Gasteiger partial charge in [0.05, 0.1) is 12.7 Å². The number of pyridine rings is 1. The van der Waals surface area contributed by atoms with Crippen molar-refractivity contribution >= 4 is 36.1 Å². The van der Waals surface area contributed by atoms with E-state index >= 15 is 0 Å². The Morgan fingerprint density at radius 2 is 1.50 bits per heavy atom. The molecule has 42 heavy (non-hydrogen) atoms. The normalized spacial score (nSPS) is 21.4. The summed E-state index contributed by atoms with van der Waals surface area (Å²) in [6.07, 6.45) is -6.12. The largest absolute Gasteiger partial charge is 0.497 e. The molecule has 3 rings (SSSR count). The van der Waals surface area contributed by atoms with E-state index in [9.17, 15) is 24.4 Å². The van der Waals surface area contributed by atoms with Gasteiger partial charge in [0.15, 0.2) is 24.5 Å². The lowest BCUT2D eigenvalue weighted by Crippen LogP contribution is -2.60. The quantitative estimate of drug-likeness (QED) is 0.235. The van der Waals surface area contributed by atoms with E-state index in [0.717, 1.165) is 20.8 Å². The van der Waals surface area contributed by atoms with Crippen LogP contribution in [0.2, 0.25) is 0 Å². The van der Waals surface area contributed by atoms with Crippen LogP contribution < -0.4 is 4.74 Å². The molecule has 0 unspecified atom stereocenters. The highest BCUT2D eigenvalue weighted by Crippen LogP contribution is 2.38. The molecular weight excluding hydrogens is 568 g/mol. The van der Waals surface area contributed by atoms with Gasteiger partial charge < -0.3 is 33.0 Å². The molecule has 0 spiro atoms. The Bertz CT molecular complexity index is 1450. The van der Waals surface area contributed by atoms with Crippen LogP contribution >= 0.6 is 12.2 Å². The van der Waals surface area contributed by atoms with E-state index in [4.69, 9.17) is 40.6 Å². The van der Waals surface area contributed by atoms with Crippen molar-refractivity contribution in [2.45, 2.75) is 71.7 Å². The average molecular weight is 601 g/mol. The molecule has 12 nitrogen and oxygen atoms in total. The number of carbonyl (C=O) groups is 4. The van der Waals surface area contributed by atoms with Gasteiger partial charge in [0, 0.05) is 39.0 Å². The number of aromatic nitrogens is 1. The van der Waals surface area contributed by atoms with Crippen molar-refractivity contribution in [3.63, 3.8) is 0 Å². The lowest BCUT2D eigenvalue weighted by atomic mass is 9.95. The number of rotatable bonds is 9. The van der Waals surface area contributed by atoms with E-state index < -0.39 is 61.1 Å². The van der Waals surface area contributed by atoms with Gasteiger partial charge in [0.1, 0.15) is 29.2 Å². The molecule has 0 amide bonds. The lowest BCUT2D eigenvalue weighted by Gasteiger charge is -2.45. The molecule has 0 bridgehead atoms. The number of nitriles is 1. The van der Waals surface area contributed by atoms with Gasteiger partial charge in [-0.05, 0) is 30.2 Å². The SMILES string of the molecule is CCc1cc(-c2ccc(OC)cc2)c(C#N)c(=S)n1[C@H]1O[C@@H](COC(C)=O)[C@@H](OC(C)=O)[C@@H](OC(C)=O)[C@H]1OC(C)=O. The number of esters is 4. The van der Waals surface area contributed by atoms with Crippen molar-refractivity contribution < 1.29 is 47.6 Å². The molecule has 2 aromatic rings. The zero-order valence-corrected chi connectivity index (χ0v) is 24.9. The third-order valence-corrected chi connectivity index (χ3v) is 6.82. The number of hydrogen-bond acceptors (Lipinski definition) is 12. The number of ether oxygens (including phenoxy) is 6. The molecule has 0 N–H and O–H groups in total. The van der Waals surface area contributed by atoms with Gasteiger partial charge in [0.2, 0.25) is 0 Å². The molecular formula is C29H32N2O10S. The van der Waals surface area contributed by atoms with Crippen molar-refractivity contribution in [1.82, 2.24) is 4.57 Å². The van der Waals surface area contributed by atoms with Crippen LogP contribution in [0.5, 0.6) is 5.75 Å². The van der Waals surface area contributed by atoms with E-state index in [2.05, 4.69) is 6.07 Å². The Kier molecular flexibility index (Phi) is 10.8. The van der Waals surface area contributed by atoms with Crippen LogP contribution in [0.1, 0.15) is 52.1 Å². The number of benzene rings is 1. The van der Waals surface area contributed by atoms with Crippen molar-refractivity contribution in [3.8, 4) is 22.9 Å². The first-order chi connectivity index (χ1) is 19.9. The maximum Gasteiger partial charge on any atom is 0.303 e. The minimum atomic E-state index is -1.38. The summed E-state index contributed by atoms with van der Waals surface area (Å²) in [5.74, 6) is -2.24. The third kappa shape index (κ3) is 7.32. The Hall–Kier alpha value is -4.28. The Labute approximate surface area is 248 Å². The molecule has 1 aromatic carbocycles. The van der Waals surface area contributed by atoms with Crippen LogP contribution in [0.25, 0.3) is 11.1 Å². The standard InChI is InChI=1S/C29H32N2O10S/c1-7-20-12-22(19-8-10-21(36-6)11-9-19)23(13-30)29(42)31(20)28-27(40-18(5)35)26(39-17(4)34)25(38-16(3)33)24(41-28)14-37-15(2)32/h8-12,24-28H,7,14H2,1-6H3/t24-,25+,26+,27+,28-/m0/s1. The maximum absolute atomic E-state index is 12.3. The van der Waals surface area contributed by atoms with Crippen molar-refractivity contribution in [1.29, 1.82) is 5.26 Å². The summed E-state index contributed by atoms with van der Waals surface area (Å²) in [5.41, 5.74) is 2.00. The summed E-state index contributed by atoms with van der Waals surface area (Å²) in [6.45, 7) is 6.09. The molecule has 5 atom stereocenters. The average Bonchev–Trinajstić information content (AvgIpc) is 2.93. The highest BCUT2D eigenvalue weighted by molar-refractivity contribution is 7.71. The highest BCUT2D eigenvalue weighted by Gasteiger charge is 2.53. The van der Waals surface area contributed by atoms with E-state index in [0.29, 0.717) is 29.0 Å². The molecule has 1 fully saturated rings. The first-order valence-corrected chi connectivity index (χ1v) is 13.5. The zero-order chi connectivity index (χ0) is 31.1. The first-order valence-electron chi connectivity index (χ1n) is 13.0. The highest BCUT2D eigenvalue weighted by atomic mass is 32.1. The van der Waals surface area contributed by atoms with E-state index in [1.165, 1.54) is 11.5 Å². The molecule has 224 valence electrons. The van der Waals surface area contributed by atoms with Gasteiger partial charge in [-0.3, -0.25) is 19.2 Å². The number of methoxy groups -OCH3 is 1. The molecule has 0 radical (unpaired) electrons. The van der Waals surface area contributed by atoms with E-state index in [1.807, 2.05) is 6.92 Å². The van der Waals surface area contributed by atoms with Gasteiger partial charge in [-0.25, -0.2) is 0 Å². The van der Waals surface area contributed by atoms with Crippen molar-refractivity contribution in [3.05, 3.63) is 46.2 Å². The summed E-state index contributed by atoms with van der Waals surface area (Å²) in [6, 6.07) is 11.0. The number of nitrogens with zero attached hydrogens (tertiary/aromatic N) is 2. The second kappa shape index (κ2) is 14.1. The molecule has 0 saturated carbocycles. The molecule has 1 saturated heterocycles. The number of aryl methyl sites for hydroxylation is 1. The summed E-state index contributed by atoms with van der Waals surface area (Å²) in [5, 5.41) is 10.2. The predicted octanol–water partition coefficient (Wildman–Crippen LogP) is 3.58. The van der Waals surface area contributed by atoms with Crippen LogP contribution in [0.4, 0.5) is 0 Å².